The van der Waals surface area contributed by atoms with Gasteiger partial charge in [0, 0.05) is 12.0 Å². The second kappa shape index (κ2) is 6.62. The highest BCUT2D eigenvalue weighted by molar-refractivity contribution is 8.16. The van der Waals surface area contributed by atoms with Crippen molar-refractivity contribution in [3.63, 3.8) is 0 Å². The van der Waals surface area contributed by atoms with Crippen molar-refractivity contribution in [1.82, 2.24) is 0 Å². The molecule has 1 aliphatic heterocycles. The Kier molecular flexibility index (Phi) is 4.62. The van der Waals surface area contributed by atoms with Crippen LogP contribution in [0.1, 0.15) is 50.2 Å². The number of allylic oxidation sites excluding steroid dienone is 1. The van der Waals surface area contributed by atoms with Gasteiger partial charge in [-0.25, -0.2) is 0 Å². The number of ether oxygens (including phenoxy) is 1. The minimum Gasteiger partial charge on any atom is -0.493 e. The highest BCUT2D eigenvalue weighted by Crippen LogP contribution is 2.36. The molecular formula is C18H24OS. The molecule has 3 rings (SSSR count). The maximum atomic E-state index is 6.01. The third kappa shape index (κ3) is 2.85. The van der Waals surface area contributed by atoms with Gasteiger partial charge < -0.3 is 4.74 Å². The van der Waals surface area contributed by atoms with Gasteiger partial charge in [-0.05, 0) is 47.3 Å². The SMILES string of the molecule is CCCCOC1=CCC(=S2CCCC2)c2ccccc21. The molecule has 1 fully saturated rings. The summed E-state index contributed by atoms with van der Waals surface area (Å²) < 4.78 is 6.01. The van der Waals surface area contributed by atoms with Crippen molar-refractivity contribution >= 4 is 21.1 Å². The van der Waals surface area contributed by atoms with Crippen molar-refractivity contribution < 1.29 is 4.74 Å². The fourth-order valence-electron chi connectivity index (χ4n) is 2.98. The van der Waals surface area contributed by atoms with Crippen LogP contribution in [-0.4, -0.2) is 23.0 Å². The van der Waals surface area contributed by atoms with Crippen molar-refractivity contribution in [1.29, 1.82) is 0 Å². The van der Waals surface area contributed by atoms with Crippen LogP contribution < -0.4 is 0 Å². The highest BCUT2D eigenvalue weighted by Gasteiger charge is 2.20. The Bertz CT molecular complexity index is 534. The molecule has 2 aliphatic rings. The maximum absolute atomic E-state index is 6.01. The highest BCUT2D eigenvalue weighted by atomic mass is 32.2. The summed E-state index contributed by atoms with van der Waals surface area (Å²) in [5.41, 5.74) is 2.79. The van der Waals surface area contributed by atoms with Crippen molar-refractivity contribution in [2.75, 3.05) is 18.1 Å². The van der Waals surface area contributed by atoms with Gasteiger partial charge in [-0.3, -0.25) is 0 Å². The monoisotopic (exact) mass is 288 g/mol. The first kappa shape index (κ1) is 13.9. The van der Waals surface area contributed by atoms with E-state index in [2.05, 4.69) is 37.3 Å². The molecule has 0 unspecified atom stereocenters. The van der Waals surface area contributed by atoms with Crippen LogP contribution in [0.15, 0.2) is 30.3 Å². The molecule has 1 saturated heterocycles. The van der Waals surface area contributed by atoms with Gasteiger partial charge in [0.25, 0.3) is 0 Å². The van der Waals surface area contributed by atoms with E-state index in [1.165, 1.54) is 41.9 Å². The quantitative estimate of drug-likeness (QED) is 0.569. The molecule has 1 heterocycles. The fraction of sp³-hybridized carbons (Fsp3) is 0.500. The molecule has 2 heteroatoms. The zero-order valence-corrected chi connectivity index (χ0v) is 13.2. The smallest absolute Gasteiger partial charge is 0.123 e. The zero-order chi connectivity index (χ0) is 13.8. The van der Waals surface area contributed by atoms with Gasteiger partial charge >= 0.3 is 0 Å². The summed E-state index contributed by atoms with van der Waals surface area (Å²) in [6.07, 6.45) is 8.58. The van der Waals surface area contributed by atoms with E-state index in [4.69, 9.17) is 4.74 Å². The first-order valence-corrected chi connectivity index (χ1v) is 9.42. The van der Waals surface area contributed by atoms with E-state index in [0.29, 0.717) is 10.5 Å². The topological polar surface area (TPSA) is 9.23 Å². The van der Waals surface area contributed by atoms with Crippen molar-refractivity contribution in [2.24, 2.45) is 0 Å². The lowest BCUT2D eigenvalue weighted by Gasteiger charge is -2.22. The third-order valence-electron chi connectivity index (χ3n) is 4.10. The van der Waals surface area contributed by atoms with E-state index in [1.54, 1.807) is 4.86 Å². The van der Waals surface area contributed by atoms with Crippen LogP contribution in [0, 0.1) is 0 Å². The lowest BCUT2D eigenvalue weighted by atomic mass is 9.96. The molecule has 1 aromatic rings. The normalized spacial score (nSPS) is 18.9. The number of unbranched alkanes of at least 4 members (excludes halogenated alkanes) is 1. The Morgan fingerprint density at radius 2 is 1.85 bits per heavy atom. The predicted molar refractivity (Wildman–Crippen MR) is 90.6 cm³/mol. The van der Waals surface area contributed by atoms with E-state index in [0.717, 1.165) is 25.2 Å². The molecule has 108 valence electrons. The largest absolute Gasteiger partial charge is 0.493 e. The molecule has 1 aliphatic carbocycles. The third-order valence-corrected chi connectivity index (χ3v) is 6.75. The van der Waals surface area contributed by atoms with Gasteiger partial charge in [0.2, 0.25) is 0 Å². The van der Waals surface area contributed by atoms with Gasteiger partial charge in [0.1, 0.15) is 5.76 Å². The first-order valence-electron chi connectivity index (χ1n) is 7.86. The Morgan fingerprint density at radius 3 is 2.60 bits per heavy atom. The second-order valence-corrected chi connectivity index (χ2v) is 7.85. The number of hydrogen-bond acceptors (Lipinski definition) is 1. The Hall–Kier alpha value is -1.02. The number of fused-ring (bicyclic) bond motifs is 1. The second-order valence-electron chi connectivity index (χ2n) is 5.55. The zero-order valence-electron chi connectivity index (χ0n) is 12.4. The van der Waals surface area contributed by atoms with Gasteiger partial charge in [-0.1, -0.05) is 37.6 Å². The van der Waals surface area contributed by atoms with Crippen molar-refractivity contribution in [3.05, 3.63) is 41.5 Å². The van der Waals surface area contributed by atoms with Gasteiger partial charge in [0.05, 0.1) is 6.61 Å². The van der Waals surface area contributed by atoms with Crippen LogP contribution in [0.4, 0.5) is 0 Å². The van der Waals surface area contributed by atoms with E-state index in [1.807, 2.05) is 0 Å². The molecule has 0 saturated carbocycles. The Labute approximate surface area is 125 Å². The van der Waals surface area contributed by atoms with E-state index in [-0.39, 0.29) is 0 Å². The number of rotatable bonds is 4. The average Bonchev–Trinajstić information content (AvgIpc) is 3.01. The van der Waals surface area contributed by atoms with E-state index < -0.39 is 0 Å². The molecule has 20 heavy (non-hydrogen) atoms. The number of hydrogen-bond donors (Lipinski definition) is 0. The summed E-state index contributed by atoms with van der Waals surface area (Å²) in [7, 11) is 0.519. The lowest BCUT2D eigenvalue weighted by molar-refractivity contribution is 0.269. The minimum atomic E-state index is 0.519. The standard InChI is InChI=1S/C18H24OS/c1-2-3-12-19-17-10-11-18(20-13-6-7-14-20)16-9-5-4-8-15(16)17/h4-5,8-10H,2-3,6-7,11-14H2,1H3. The molecule has 0 atom stereocenters. The van der Waals surface area contributed by atoms with Crippen LogP contribution in [0.2, 0.25) is 0 Å². The Morgan fingerprint density at radius 1 is 1.10 bits per heavy atom. The lowest BCUT2D eigenvalue weighted by Crippen LogP contribution is -2.11. The van der Waals surface area contributed by atoms with Crippen LogP contribution in [0.5, 0.6) is 0 Å². The van der Waals surface area contributed by atoms with Crippen LogP contribution in [0.25, 0.3) is 5.76 Å². The molecule has 0 spiro atoms. The van der Waals surface area contributed by atoms with Gasteiger partial charge in [-0.15, -0.1) is 0 Å². The van der Waals surface area contributed by atoms with Crippen LogP contribution >= 0.6 is 10.5 Å². The molecule has 0 amide bonds. The van der Waals surface area contributed by atoms with Crippen LogP contribution in [-0.2, 0) is 4.74 Å². The predicted octanol–water partition coefficient (Wildman–Crippen LogP) is 4.83. The summed E-state index contributed by atoms with van der Waals surface area (Å²) in [4.78, 5) is 1.68. The summed E-state index contributed by atoms with van der Waals surface area (Å²) in [5, 5.41) is 0. The number of benzene rings is 1. The molecular weight excluding hydrogens is 264 g/mol. The van der Waals surface area contributed by atoms with Crippen molar-refractivity contribution in [2.45, 2.75) is 39.0 Å². The summed E-state index contributed by atoms with van der Waals surface area (Å²) in [6.45, 7) is 3.05. The van der Waals surface area contributed by atoms with E-state index in [9.17, 15) is 0 Å². The van der Waals surface area contributed by atoms with Gasteiger partial charge in [0.15, 0.2) is 0 Å². The molecule has 0 bridgehead atoms. The molecule has 0 N–H and O–H groups in total. The first-order chi connectivity index (χ1) is 9.90. The fourth-order valence-corrected chi connectivity index (χ4v) is 5.59. The van der Waals surface area contributed by atoms with E-state index >= 15 is 0 Å². The van der Waals surface area contributed by atoms with Gasteiger partial charge in [-0.2, -0.15) is 10.5 Å². The summed E-state index contributed by atoms with van der Waals surface area (Å²) in [6, 6.07) is 8.83. The summed E-state index contributed by atoms with van der Waals surface area (Å²) in [5.74, 6) is 3.92. The average molecular weight is 288 g/mol. The summed E-state index contributed by atoms with van der Waals surface area (Å²) >= 11 is 0. The molecule has 1 nitrogen and oxygen atoms in total. The molecule has 1 aromatic carbocycles. The maximum Gasteiger partial charge on any atom is 0.123 e. The Balaban J connectivity index is 1.90. The van der Waals surface area contributed by atoms with Crippen molar-refractivity contribution in [3.8, 4) is 0 Å². The van der Waals surface area contributed by atoms with Crippen LogP contribution in [0.3, 0.4) is 0 Å². The molecule has 0 aromatic heterocycles. The molecule has 0 radical (unpaired) electrons. The minimum absolute atomic E-state index is 0.519.